The minimum atomic E-state index is -0.626. The van der Waals surface area contributed by atoms with E-state index in [1.165, 1.54) is 10.6 Å². The smallest absolute Gasteiger partial charge is 0.271 e. The van der Waals surface area contributed by atoms with Gasteiger partial charge in [-0.2, -0.15) is 9.61 Å². The maximum Gasteiger partial charge on any atom is 0.271 e. The molecule has 3 N–H and O–H groups in total. The molecule has 2 aliphatic rings. The van der Waals surface area contributed by atoms with Gasteiger partial charge in [0, 0.05) is 38.3 Å². The molecule has 186 valence electrons. The van der Waals surface area contributed by atoms with Gasteiger partial charge in [0.05, 0.1) is 13.2 Å². The van der Waals surface area contributed by atoms with Crippen molar-refractivity contribution in [3.05, 3.63) is 27.7 Å². The van der Waals surface area contributed by atoms with Gasteiger partial charge in [0.1, 0.15) is 5.65 Å². The molecule has 11 nitrogen and oxygen atoms in total. The molecule has 2 fully saturated rings. The molecule has 2 aromatic heterocycles. The molecule has 0 aromatic carbocycles. The lowest BCUT2D eigenvalue weighted by Crippen LogP contribution is -2.38. The number of carbonyl (C=O) groups excluding carboxylic acids is 2. The lowest BCUT2D eigenvalue weighted by atomic mass is 9.97. The number of hydrogen-bond acceptors (Lipinski definition) is 7. The predicted molar refractivity (Wildman–Crippen MR) is 125 cm³/mol. The van der Waals surface area contributed by atoms with Crippen LogP contribution in [-0.4, -0.2) is 81.4 Å². The first-order valence-corrected chi connectivity index (χ1v) is 11.9. The summed E-state index contributed by atoms with van der Waals surface area (Å²) in [4.78, 5) is 41.0. The van der Waals surface area contributed by atoms with Crippen LogP contribution in [0.25, 0.3) is 5.65 Å². The highest BCUT2D eigenvalue weighted by atomic mass is 16.5. The third-order valence-electron chi connectivity index (χ3n) is 5.90. The first-order chi connectivity index (χ1) is 16.1. The second kappa shape index (κ2) is 9.75. The molecule has 1 aliphatic carbocycles. The molecular weight excluding hydrogens is 440 g/mol. The number of aromatic nitrogens is 3. The summed E-state index contributed by atoms with van der Waals surface area (Å²) in [5.74, 6) is -1.59. The summed E-state index contributed by atoms with van der Waals surface area (Å²) < 4.78 is 7.86. The number of carbonyl (C=O) groups is 2. The van der Waals surface area contributed by atoms with Gasteiger partial charge in [-0.25, -0.2) is 0 Å². The van der Waals surface area contributed by atoms with Gasteiger partial charge in [-0.3, -0.25) is 23.9 Å². The molecule has 1 saturated carbocycles. The quantitative estimate of drug-likeness (QED) is 0.478. The van der Waals surface area contributed by atoms with E-state index in [1.807, 2.05) is 20.8 Å². The van der Waals surface area contributed by atoms with Gasteiger partial charge >= 0.3 is 0 Å². The van der Waals surface area contributed by atoms with Crippen LogP contribution >= 0.6 is 0 Å². The zero-order valence-electron chi connectivity index (χ0n) is 20.1. The Morgan fingerprint density at radius 2 is 1.91 bits per heavy atom. The normalized spacial score (nSPS) is 17.1. The van der Waals surface area contributed by atoms with Crippen molar-refractivity contribution < 1.29 is 19.4 Å². The van der Waals surface area contributed by atoms with E-state index in [2.05, 4.69) is 20.6 Å². The Morgan fingerprint density at radius 1 is 1.21 bits per heavy atom. The number of rotatable bonds is 8. The third kappa shape index (κ3) is 5.58. The number of morpholine rings is 1. The summed E-state index contributed by atoms with van der Waals surface area (Å²) in [6.45, 7) is 10.7. The number of hydrogen-bond donors (Lipinski definition) is 3. The lowest BCUT2D eigenvalue weighted by molar-refractivity contribution is 0.0374. The molecule has 2 amide bonds. The van der Waals surface area contributed by atoms with Crippen molar-refractivity contribution in [2.75, 3.05) is 39.4 Å². The van der Waals surface area contributed by atoms with E-state index in [0.29, 0.717) is 6.54 Å². The largest absolute Gasteiger partial charge is 0.492 e. The van der Waals surface area contributed by atoms with Crippen LogP contribution in [0.5, 0.6) is 5.88 Å². The predicted octanol–water partition coefficient (Wildman–Crippen LogP) is 0.592. The van der Waals surface area contributed by atoms with Gasteiger partial charge in [-0.15, -0.1) is 0 Å². The zero-order chi connectivity index (χ0) is 24.5. The number of amides is 2. The van der Waals surface area contributed by atoms with Crippen LogP contribution in [0.4, 0.5) is 0 Å². The molecule has 2 aromatic rings. The second-order valence-corrected chi connectivity index (χ2v) is 10.3. The third-order valence-corrected chi connectivity index (χ3v) is 5.90. The molecule has 1 saturated heterocycles. The van der Waals surface area contributed by atoms with Crippen LogP contribution in [0.1, 0.15) is 60.9 Å². The fourth-order valence-electron chi connectivity index (χ4n) is 4.00. The van der Waals surface area contributed by atoms with Crippen molar-refractivity contribution >= 4 is 17.5 Å². The molecule has 1 aliphatic heterocycles. The molecular formula is C23H34N6O5. The van der Waals surface area contributed by atoms with Gasteiger partial charge in [0.25, 0.3) is 17.4 Å². The van der Waals surface area contributed by atoms with E-state index in [0.717, 1.165) is 56.6 Å². The molecule has 0 unspecified atom stereocenters. The first-order valence-electron chi connectivity index (χ1n) is 11.9. The van der Waals surface area contributed by atoms with Gasteiger partial charge in [0.2, 0.25) is 5.88 Å². The summed E-state index contributed by atoms with van der Waals surface area (Å²) >= 11 is 0. The summed E-state index contributed by atoms with van der Waals surface area (Å²) in [7, 11) is 0. The topological polar surface area (TPSA) is 130 Å². The van der Waals surface area contributed by atoms with Crippen molar-refractivity contribution in [1.29, 1.82) is 0 Å². The molecule has 0 spiro atoms. The van der Waals surface area contributed by atoms with E-state index >= 15 is 0 Å². The van der Waals surface area contributed by atoms with Crippen molar-refractivity contribution in [2.24, 2.45) is 5.41 Å². The van der Waals surface area contributed by atoms with E-state index in [9.17, 15) is 19.5 Å². The first kappa shape index (κ1) is 24.2. The molecule has 11 heteroatoms. The lowest BCUT2D eigenvalue weighted by Gasteiger charge is -2.26. The standard InChI is InChI=1S/C23H34N6O5/c1-23(2,3)14-28-17-13-16(19(30)24-7-4-8-27-9-11-34-12-10-27)26-29(17)22(33)18(21(28)32)20(31)25-15-5-6-15/h13,15,33H,4-12,14H2,1-3H3,(H,24,30)(H,25,31). The van der Waals surface area contributed by atoms with Crippen LogP contribution < -0.4 is 16.2 Å². The zero-order valence-corrected chi connectivity index (χ0v) is 20.1. The van der Waals surface area contributed by atoms with Crippen molar-refractivity contribution in [1.82, 2.24) is 29.7 Å². The minimum Gasteiger partial charge on any atom is -0.492 e. The number of ether oxygens (including phenoxy) is 1. The summed E-state index contributed by atoms with van der Waals surface area (Å²) in [5, 5.41) is 20.6. The second-order valence-electron chi connectivity index (χ2n) is 10.3. The average molecular weight is 475 g/mol. The highest BCUT2D eigenvalue weighted by Gasteiger charge is 2.30. The summed E-state index contributed by atoms with van der Waals surface area (Å²) in [6, 6.07) is 1.50. The highest BCUT2D eigenvalue weighted by molar-refractivity contribution is 5.97. The summed E-state index contributed by atoms with van der Waals surface area (Å²) in [5.41, 5.74) is -0.917. The minimum absolute atomic E-state index is 0.0227. The highest BCUT2D eigenvalue weighted by Crippen LogP contribution is 2.24. The fourth-order valence-corrected chi connectivity index (χ4v) is 4.00. The Bertz CT molecular complexity index is 1120. The molecule has 0 atom stereocenters. The number of fused-ring (bicyclic) bond motifs is 1. The van der Waals surface area contributed by atoms with Crippen molar-refractivity contribution in [3.63, 3.8) is 0 Å². The fraction of sp³-hybridized carbons (Fsp3) is 0.652. The Kier molecular flexibility index (Phi) is 6.94. The Morgan fingerprint density at radius 3 is 2.56 bits per heavy atom. The molecule has 4 rings (SSSR count). The van der Waals surface area contributed by atoms with Crippen molar-refractivity contribution in [3.8, 4) is 5.88 Å². The van der Waals surface area contributed by atoms with Crippen LogP contribution in [0, 0.1) is 5.41 Å². The SMILES string of the molecule is CC(C)(C)Cn1c(=O)c(C(=O)NC2CC2)c(O)n2nc(C(=O)NCCCN3CCOCC3)cc12. The summed E-state index contributed by atoms with van der Waals surface area (Å²) in [6.07, 6.45) is 2.48. The van der Waals surface area contributed by atoms with E-state index in [-0.39, 0.29) is 34.9 Å². The van der Waals surface area contributed by atoms with Gasteiger partial charge in [-0.05, 0) is 31.2 Å². The molecule has 0 bridgehead atoms. The number of nitrogens with one attached hydrogen (secondary N) is 2. The van der Waals surface area contributed by atoms with Crippen LogP contribution in [0.3, 0.4) is 0 Å². The van der Waals surface area contributed by atoms with Crippen LogP contribution in [-0.2, 0) is 11.3 Å². The van der Waals surface area contributed by atoms with E-state index in [1.54, 1.807) is 0 Å². The number of aromatic hydroxyl groups is 1. The maximum absolute atomic E-state index is 13.3. The number of nitrogens with zero attached hydrogens (tertiary/aromatic N) is 4. The van der Waals surface area contributed by atoms with Gasteiger partial charge in [0.15, 0.2) is 11.3 Å². The molecule has 0 radical (unpaired) electrons. The molecule has 34 heavy (non-hydrogen) atoms. The monoisotopic (exact) mass is 474 g/mol. The average Bonchev–Trinajstić information content (AvgIpc) is 3.47. The van der Waals surface area contributed by atoms with Crippen LogP contribution in [0.2, 0.25) is 0 Å². The van der Waals surface area contributed by atoms with E-state index < -0.39 is 23.3 Å². The molecule has 3 heterocycles. The Labute approximate surface area is 198 Å². The Balaban J connectivity index is 1.57. The van der Waals surface area contributed by atoms with E-state index in [4.69, 9.17) is 4.74 Å². The Hall–Kier alpha value is -2.92. The van der Waals surface area contributed by atoms with Crippen LogP contribution in [0.15, 0.2) is 10.9 Å². The maximum atomic E-state index is 13.3. The van der Waals surface area contributed by atoms with Gasteiger partial charge < -0.3 is 20.5 Å². The van der Waals surface area contributed by atoms with Crippen molar-refractivity contribution in [2.45, 2.75) is 52.6 Å². The van der Waals surface area contributed by atoms with Gasteiger partial charge in [-0.1, -0.05) is 20.8 Å².